The summed E-state index contributed by atoms with van der Waals surface area (Å²) in [4.78, 5) is 20.6. The first-order valence-corrected chi connectivity index (χ1v) is 13.7. The van der Waals surface area contributed by atoms with Crippen LogP contribution in [0.1, 0.15) is 11.4 Å². The molecule has 4 aromatic heterocycles. The Labute approximate surface area is 253 Å². The van der Waals surface area contributed by atoms with E-state index in [1.165, 1.54) is 0 Å². The minimum Gasteiger partial charge on any atom is -0.658 e. The first-order valence-electron chi connectivity index (χ1n) is 13.7. The van der Waals surface area contributed by atoms with E-state index in [2.05, 4.69) is 109 Å². The Morgan fingerprint density at radius 3 is 1.05 bits per heavy atom. The summed E-state index contributed by atoms with van der Waals surface area (Å²) in [5, 5.41) is 0. The number of aromatic nitrogens is 4. The van der Waals surface area contributed by atoms with Crippen molar-refractivity contribution in [1.82, 2.24) is 19.9 Å². The first kappa shape index (κ1) is 25.8. The molecule has 8 bridgehead atoms. The molecule has 0 N–H and O–H groups in total. The molecule has 0 saturated heterocycles. The molecule has 42 heavy (non-hydrogen) atoms. The third-order valence-electron chi connectivity index (χ3n) is 7.55. The van der Waals surface area contributed by atoms with Crippen LogP contribution in [0.3, 0.4) is 0 Å². The summed E-state index contributed by atoms with van der Waals surface area (Å²) in [5.74, 6) is 0. The Morgan fingerprint density at radius 2 is 0.643 bits per heavy atom. The van der Waals surface area contributed by atoms with E-state index in [0.29, 0.717) is 0 Å². The molecule has 1 aliphatic rings. The van der Waals surface area contributed by atoms with Gasteiger partial charge in [-0.25, -0.2) is 4.98 Å². The van der Waals surface area contributed by atoms with E-state index >= 15 is 0 Å². The number of hydrogen-bond acceptors (Lipinski definition) is 1. The van der Waals surface area contributed by atoms with E-state index in [0.717, 1.165) is 77.9 Å². The van der Waals surface area contributed by atoms with Gasteiger partial charge in [-0.15, -0.1) is 22.1 Å². The number of hydrogen-bond donors (Lipinski definition) is 0. The van der Waals surface area contributed by atoms with Crippen molar-refractivity contribution in [2.75, 3.05) is 0 Å². The van der Waals surface area contributed by atoms with E-state index in [-0.39, 0.29) is 17.1 Å². The quantitative estimate of drug-likeness (QED) is 0.197. The zero-order chi connectivity index (χ0) is 27.2. The Balaban J connectivity index is 0.00000288. The molecule has 3 aromatic carbocycles. The van der Waals surface area contributed by atoms with Crippen LogP contribution in [0.4, 0.5) is 0 Å². The van der Waals surface area contributed by atoms with Crippen molar-refractivity contribution in [2.24, 2.45) is 0 Å². The monoisotopic (exact) mass is 578 g/mol. The Morgan fingerprint density at radius 1 is 0.333 bits per heavy atom. The fourth-order valence-corrected chi connectivity index (χ4v) is 5.66. The summed E-state index contributed by atoms with van der Waals surface area (Å²) in [6.45, 7) is 0. The van der Waals surface area contributed by atoms with Crippen LogP contribution >= 0.6 is 0 Å². The summed E-state index contributed by atoms with van der Waals surface area (Å²) < 4.78 is 0. The molecule has 0 unspecified atom stereocenters. The molecule has 0 aliphatic carbocycles. The van der Waals surface area contributed by atoms with E-state index in [1.807, 2.05) is 30.3 Å². The Hall–Kier alpha value is -5.09. The average molecular weight is 579 g/mol. The van der Waals surface area contributed by atoms with Gasteiger partial charge < -0.3 is 15.0 Å². The molecule has 5 heterocycles. The summed E-state index contributed by atoms with van der Waals surface area (Å²) in [5.41, 5.74) is 13.1. The predicted molar refractivity (Wildman–Crippen MR) is 168 cm³/mol. The fraction of sp³-hybridized carbons (Fsp3) is 0. The molecular formula is C37H23MnN4-3. The maximum absolute atomic E-state index is 5.22. The zero-order valence-electron chi connectivity index (χ0n) is 22.4. The molecule has 0 spiro atoms. The molecule has 4 nitrogen and oxygen atoms in total. The van der Waals surface area contributed by atoms with Gasteiger partial charge in [0.2, 0.25) is 0 Å². The second kappa shape index (κ2) is 10.7. The average Bonchev–Trinajstić information content (AvgIpc) is 3.84. The molecular weight excluding hydrogens is 555 g/mol. The van der Waals surface area contributed by atoms with Crippen molar-refractivity contribution < 1.29 is 17.1 Å². The molecule has 1 radical (unpaired) electrons. The molecule has 0 saturated carbocycles. The third-order valence-corrected chi connectivity index (χ3v) is 7.55. The van der Waals surface area contributed by atoms with Crippen molar-refractivity contribution in [3.63, 3.8) is 0 Å². The molecule has 5 heteroatoms. The SMILES string of the molecule is C1=Cc2nc1c(-c1ccccc1)c1ccc([n-]1)c(-c1ccccc1)c1ccc([n-]1)c1ccc([n-]1)c2-c1ccccc1.[Mn]. The van der Waals surface area contributed by atoms with Crippen LogP contribution < -0.4 is 15.0 Å². The van der Waals surface area contributed by atoms with Crippen molar-refractivity contribution in [1.29, 1.82) is 0 Å². The largest absolute Gasteiger partial charge is 0.658 e. The van der Waals surface area contributed by atoms with E-state index in [9.17, 15) is 0 Å². The van der Waals surface area contributed by atoms with Gasteiger partial charge in [0.15, 0.2) is 0 Å². The Bertz CT molecular complexity index is 2190. The summed E-state index contributed by atoms with van der Waals surface area (Å²) in [6.07, 6.45) is 4.18. The molecule has 0 fully saturated rings. The summed E-state index contributed by atoms with van der Waals surface area (Å²) >= 11 is 0. The van der Waals surface area contributed by atoms with Crippen molar-refractivity contribution >= 4 is 45.3 Å². The molecule has 8 rings (SSSR count). The minimum absolute atomic E-state index is 0. The van der Waals surface area contributed by atoms with E-state index in [1.54, 1.807) is 0 Å². The predicted octanol–water partition coefficient (Wildman–Crippen LogP) is 8.58. The van der Waals surface area contributed by atoms with Gasteiger partial charge >= 0.3 is 0 Å². The molecule has 201 valence electrons. The fourth-order valence-electron chi connectivity index (χ4n) is 5.66. The topological polar surface area (TPSA) is 55.2 Å². The van der Waals surface area contributed by atoms with Gasteiger partial charge in [-0.1, -0.05) is 127 Å². The van der Waals surface area contributed by atoms with E-state index < -0.39 is 0 Å². The van der Waals surface area contributed by atoms with Gasteiger partial charge in [0.1, 0.15) is 0 Å². The van der Waals surface area contributed by atoms with Crippen molar-refractivity contribution in [2.45, 2.75) is 0 Å². The maximum atomic E-state index is 5.22. The van der Waals surface area contributed by atoms with Gasteiger partial charge in [-0.3, -0.25) is 0 Å². The van der Waals surface area contributed by atoms with Crippen LogP contribution in [0.15, 0.2) is 127 Å². The van der Waals surface area contributed by atoms with Crippen molar-refractivity contribution in [3.05, 3.63) is 139 Å². The second-order valence-corrected chi connectivity index (χ2v) is 10.1. The van der Waals surface area contributed by atoms with Crippen molar-refractivity contribution in [3.8, 4) is 33.4 Å². The maximum Gasteiger partial charge on any atom is 0.0704 e. The van der Waals surface area contributed by atoms with E-state index in [4.69, 9.17) is 19.9 Å². The molecule has 7 aromatic rings. The normalized spacial score (nSPS) is 11.5. The van der Waals surface area contributed by atoms with Crippen LogP contribution in [-0.4, -0.2) is 4.98 Å². The number of fused-ring (bicyclic) bond motifs is 9. The number of nitrogens with zero attached hydrogens (tertiary/aromatic N) is 4. The van der Waals surface area contributed by atoms with Crippen LogP contribution in [0.5, 0.6) is 0 Å². The molecule has 0 atom stereocenters. The van der Waals surface area contributed by atoms with Gasteiger partial charge in [-0.2, -0.15) is 11.0 Å². The summed E-state index contributed by atoms with van der Waals surface area (Å²) in [7, 11) is 0. The van der Waals surface area contributed by atoms with Gasteiger partial charge in [-0.05, 0) is 45.5 Å². The standard InChI is InChI=1S/C37H23N4.Mn/c1-4-10-24(11-5-1)35-29-18-16-27(38-29)28-17-19-30(39-28)36(25-12-6-2-7-13-25)32-21-23-34(41-32)37(26-14-8-3-9-15-26)33-22-20-31(35)40-33;/h1-23H;/q-3;. The minimum atomic E-state index is 0. The van der Waals surface area contributed by atoms with Gasteiger partial charge in [0.25, 0.3) is 0 Å². The smallest absolute Gasteiger partial charge is 0.0704 e. The van der Waals surface area contributed by atoms with Crippen LogP contribution in [-0.2, 0) is 17.1 Å². The molecule has 1 aliphatic heterocycles. The number of benzene rings is 3. The van der Waals surface area contributed by atoms with Crippen LogP contribution in [0.2, 0.25) is 0 Å². The summed E-state index contributed by atoms with van der Waals surface area (Å²) in [6, 6.07) is 43.5. The van der Waals surface area contributed by atoms with Crippen LogP contribution in [0.25, 0.3) is 78.6 Å². The third kappa shape index (κ3) is 4.46. The molecule has 0 amide bonds. The zero-order valence-corrected chi connectivity index (χ0v) is 23.6. The van der Waals surface area contributed by atoms with Gasteiger partial charge in [0, 0.05) is 17.1 Å². The Kier molecular flexibility index (Phi) is 6.59. The van der Waals surface area contributed by atoms with Gasteiger partial charge in [0.05, 0.1) is 11.4 Å². The first-order chi connectivity index (χ1) is 20.3. The number of rotatable bonds is 3. The van der Waals surface area contributed by atoms with Crippen LogP contribution in [0, 0.1) is 0 Å². The second-order valence-electron chi connectivity index (χ2n) is 10.1.